The van der Waals surface area contributed by atoms with Crippen molar-refractivity contribution in [2.24, 2.45) is 0 Å². The third-order valence-corrected chi connectivity index (χ3v) is 3.83. The number of para-hydroxylation sites is 2. The lowest BCUT2D eigenvalue weighted by Gasteiger charge is -2.08. The predicted molar refractivity (Wildman–Crippen MR) is 84.2 cm³/mol. The second-order valence-electron chi connectivity index (χ2n) is 4.30. The summed E-state index contributed by atoms with van der Waals surface area (Å²) >= 11 is 1.40. The van der Waals surface area contributed by atoms with Gasteiger partial charge in [-0.1, -0.05) is 29.8 Å². The van der Waals surface area contributed by atoms with Gasteiger partial charge in [0.15, 0.2) is 5.16 Å². The van der Waals surface area contributed by atoms with E-state index in [0.717, 1.165) is 16.2 Å². The van der Waals surface area contributed by atoms with E-state index in [1.54, 1.807) is 7.11 Å². The second-order valence-corrected chi connectivity index (χ2v) is 5.24. The minimum Gasteiger partial charge on any atom is -0.383 e. The largest absolute Gasteiger partial charge is 0.383 e. The Kier molecular flexibility index (Phi) is 5.67. The molecule has 0 saturated heterocycles. The number of rotatable bonds is 7. The van der Waals surface area contributed by atoms with Crippen LogP contribution in [-0.4, -0.2) is 41.5 Å². The highest BCUT2D eigenvalue weighted by Gasteiger charge is 2.12. The molecule has 5 nitrogen and oxygen atoms in total. The molecule has 1 amide bonds. The van der Waals surface area contributed by atoms with Gasteiger partial charge in [0.2, 0.25) is 5.91 Å². The van der Waals surface area contributed by atoms with E-state index in [9.17, 15) is 4.79 Å². The summed E-state index contributed by atoms with van der Waals surface area (Å²) in [6.45, 7) is 1.54. The van der Waals surface area contributed by atoms with Crippen LogP contribution < -0.4 is 5.32 Å². The zero-order valence-corrected chi connectivity index (χ0v) is 12.7. The van der Waals surface area contributed by atoms with Gasteiger partial charge >= 0.3 is 0 Å². The SMILES string of the molecule is C#CCNC(=O)CSc1nc2ccccc2n1CCOC. The lowest BCUT2D eigenvalue weighted by Crippen LogP contribution is -2.25. The maximum atomic E-state index is 11.6. The van der Waals surface area contributed by atoms with Crippen molar-refractivity contribution in [3.63, 3.8) is 0 Å². The van der Waals surface area contributed by atoms with Crippen molar-refractivity contribution < 1.29 is 9.53 Å². The summed E-state index contributed by atoms with van der Waals surface area (Å²) in [5.74, 6) is 2.57. The van der Waals surface area contributed by atoms with Gasteiger partial charge in [-0.2, -0.15) is 0 Å². The van der Waals surface area contributed by atoms with Crippen molar-refractivity contribution in [3.8, 4) is 12.3 Å². The molecule has 0 saturated carbocycles. The quantitative estimate of drug-likeness (QED) is 0.622. The molecular weight excluding hydrogens is 286 g/mol. The number of ether oxygens (including phenoxy) is 1. The van der Waals surface area contributed by atoms with Crippen LogP contribution in [0.2, 0.25) is 0 Å². The van der Waals surface area contributed by atoms with Crippen molar-refractivity contribution in [1.82, 2.24) is 14.9 Å². The Balaban J connectivity index is 2.14. The van der Waals surface area contributed by atoms with E-state index >= 15 is 0 Å². The van der Waals surface area contributed by atoms with E-state index in [4.69, 9.17) is 11.2 Å². The monoisotopic (exact) mass is 303 g/mol. The van der Waals surface area contributed by atoms with Crippen LogP contribution in [0.4, 0.5) is 0 Å². The van der Waals surface area contributed by atoms with Crippen molar-refractivity contribution in [3.05, 3.63) is 24.3 Å². The first-order chi connectivity index (χ1) is 10.3. The highest BCUT2D eigenvalue weighted by atomic mass is 32.2. The summed E-state index contributed by atoms with van der Waals surface area (Å²) in [6, 6.07) is 7.90. The first-order valence-electron chi connectivity index (χ1n) is 6.53. The molecular formula is C15H17N3O2S. The Bertz CT molecular complexity index is 660. The highest BCUT2D eigenvalue weighted by molar-refractivity contribution is 7.99. The fraction of sp³-hybridized carbons (Fsp3) is 0.333. The molecule has 6 heteroatoms. The van der Waals surface area contributed by atoms with Gasteiger partial charge in [-0.3, -0.25) is 4.79 Å². The first-order valence-corrected chi connectivity index (χ1v) is 7.52. The number of amides is 1. The molecule has 0 aliphatic rings. The maximum Gasteiger partial charge on any atom is 0.231 e. The van der Waals surface area contributed by atoms with Crippen LogP contribution in [0, 0.1) is 12.3 Å². The summed E-state index contributed by atoms with van der Waals surface area (Å²) in [7, 11) is 1.67. The lowest BCUT2D eigenvalue weighted by molar-refractivity contribution is -0.118. The molecule has 0 aliphatic heterocycles. The molecule has 2 aromatic rings. The molecule has 0 atom stereocenters. The molecule has 1 heterocycles. The Hall–Kier alpha value is -1.97. The van der Waals surface area contributed by atoms with E-state index in [0.29, 0.717) is 13.2 Å². The number of imidazole rings is 1. The molecule has 0 unspecified atom stereocenters. The van der Waals surface area contributed by atoms with Gasteiger partial charge in [-0.15, -0.1) is 6.42 Å². The molecule has 110 valence electrons. The van der Waals surface area contributed by atoms with Gasteiger partial charge in [-0.25, -0.2) is 4.98 Å². The van der Waals surface area contributed by atoms with Crippen LogP contribution in [0.25, 0.3) is 11.0 Å². The number of thioether (sulfide) groups is 1. The molecule has 21 heavy (non-hydrogen) atoms. The molecule has 1 N–H and O–H groups in total. The summed E-state index contributed by atoms with van der Waals surface area (Å²) in [5, 5.41) is 3.45. The van der Waals surface area contributed by atoms with Crippen molar-refractivity contribution >= 4 is 28.7 Å². The Labute approximate surface area is 128 Å². The van der Waals surface area contributed by atoms with E-state index < -0.39 is 0 Å². The molecule has 0 bridgehead atoms. The fourth-order valence-electron chi connectivity index (χ4n) is 1.89. The number of terminal acetylenes is 1. The Morgan fingerprint density at radius 1 is 1.52 bits per heavy atom. The molecule has 0 fully saturated rings. The number of fused-ring (bicyclic) bond motifs is 1. The third-order valence-electron chi connectivity index (χ3n) is 2.86. The number of nitrogens with zero attached hydrogens (tertiary/aromatic N) is 2. The van der Waals surface area contributed by atoms with Gasteiger partial charge in [0, 0.05) is 13.7 Å². The molecule has 1 aromatic carbocycles. The minimum atomic E-state index is -0.0942. The molecule has 2 rings (SSSR count). The predicted octanol–water partition coefficient (Wildman–Crippen LogP) is 1.52. The van der Waals surface area contributed by atoms with E-state index in [1.807, 2.05) is 24.3 Å². The van der Waals surface area contributed by atoms with E-state index in [2.05, 4.69) is 20.8 Å². The molecule has 0 radical (unpaired) electrons. The van der Waals surface area contributed by atoms with Gasteiger partial charge in [0.1, 0.15) is 0 Å². The number of nitrogens with one attached hydrogen (secondary N) is 1. The summed E-state index contributed by atoms with van der Waals surface area (Å²) in [6.07, 6.45) is 5.11. The maximum absolute atomic E-state index is 11.6. The molecule has 0 spiro atoms. The van der Waals surface area contributed by atoms with Crippen LogP contribution in [0.5, 0.6) is 0 Å². The summed E-state index contributed by atoms with van der Waals surface area (Å²) in [5.41, 5.74) is 1.96. The average molecular weight is 303 g/mol. The average Bonchev–Trinajstić information content (AvgIpc) is 2.86. The number of aromatic nitrogens is 2. The van der Waals surface area contributed by atoms with Gasteiger partial charge in [0.05, 0.1) is 29.9 Å². The number of benzene rings is 1. The van der Waals surface area contributed by atoms with E-state index in [-0.39, 0.29) is 18.2 Å². The van der Waals surface area contributed by atoms with Crippen LogP contribution in [-0.2, 0) is 16.1 Å². The minimum absolute atomic E-state index is 0.0942. The summed E-state index contributed by atoms with van der Waals surface area (Å²) < 4.78 is 7.21. The number of hydrogen-bond acceptors (Lipinski definition) is 4. The van der Waals surface area contributed by atoms with Crippen LogP contribution in [0.1, 0.15) is 0 Å². The highest BCUT2D eigenvalue weighted by Crippen LogP contribution is 2.23. The molecule has 0 aliphatic carbocycles. The number of hydrogen-bond donors (Lipinski definition) is 1. The standard InChI is InChI=1S/C15H17N3O2S/c1-3-8-16-14(19)11-21-15-17-12-6-4-5-7-13(12)18(15)9-10-20-2/h1,4-7H,8-11H2,2H3,(H,16,19). The van der Waals surface area contributed by atoms with Crippen molar-refractivity contribution in [2.75, 3.05) is 26.0 Å². The fourth-order valence-corrected chi connectivity index (χ4v) is 2.76. The number of methoxy groups -OCH3 is 1. The zero-order valence-electron chi connectivity index (χ0n) is 11.8. The number of carbonyl (C=O) groups excluding carboxylic acids is 1. The smallest absolute Gasteiger partial charge is 0.231 e. The van der Waals surface area contributed by atoms with Gasteiger partial charge in [-0.05, 0) is 12.1 Å². The first kappa shape index (κ1) is 15.4. The Morgan fingerprint density at radius 3 is 3.10 bits per heavy atom. The zero-order chi connectivity index (χ0) is 15.1. The lowest BCUT2D eigenvalue weighted by atomic mass is 10.3. The normalized spacial score (nSPS) is 10.5. The Morgan fingerprint density at radius 2 is 2.33 bits per heavy atom. The van der Waals surface area contributed by atoms with Crippen molar-refractivity contribution in [2.45, 2.75) is 11.7 Å². The van der Waals surface area contributed by atoms with Gasteiger partial charge < -0.3 is 14.6 Å². The van der Waals surface area contributed by atoms with Crippen LogP contribution in [0.15, 0.2) is 29.4 Å². The number of carbonyl (C=O) groups is 1. The summed E-state index contributed by atoms with van der Waals surface area (Å²) in [4.78, 5) is 16.2. The molecule has 1 aromatic heterocycles. The van der Waals surface area contributed by atoms with Crippen LogP contribution >= 0.6 is 11.8 Å². The van der Waals surface area contributed by atoms with Crippen molar-refractivity contribution in [1.29, 1.82) is 0 Å². The topological polar surface area (TPSA) is 56.2 Å². The van der Waals surface area contributed by atoms with Crippen LogP contribution in [0.3, 0.4) is 0 Å². The van der Waals surface area contributed by atoms with E-state index in [1.165, 1.54) is 11.8 Å². The second kappa shape index (κ2) is 7.72. The third kappa shape index (κ3) is 4.00. The van der Waals surface area contributed by atoms with Gasteiger partial charge in [0.25, 0.3) is 0 Å².